The van der Waals surface area contributed by atoms with Crippen LogP contribution in [0, 0.1) is 11.3 Å². The van der Waals surface area contributed by atoms with Crippen molar-refractivity contribution in [3.63, 3.8) is 0 Å². The van der Waals surface area contributed by atoms with Crippen molar-refractivity contribution in [1.29, 1.82) is 0 Å². The van der Waals surface area contributed by atoms with Gasteiger partial charge in [-0.05, 0) is 19.8 Å². The van der Waals surface area contributed by atoms with Crippen LogP contribution in [0.4, 0.5) is 0 Å². The van der Waals surface area contributed by atoms with Gasteiger partial charge in [0.15, 0.2) is 0 Å². The van der Waals surface area contributed by atoms with Gasteiger partial charge in [0.25, 0.3) is 0 Å². The molecule has 0 saturated carbocycles. The molecule has 0 aromatic heterocycles. The Kier molecular flexibility index (Phi) is 4.86. The number of carbonyl (C=O) groups is 2. The summed E-state index contributed by atoms with van der Waals surface area (Å²) in [6, 6.07) is -0.765. The lowest BCUT2D eigenvalue weighted by molar-refractivity contribution is -0.151. The predicted molar refractivity (Wildman–Crippen MR) is 63.7 cm³/mol. The largest absolute Gasteiger partial charge is 0.481 e. The Bertz CT molecular complexity index is 350. The number of hydrogen-bond donors (Lipinski definition) is 4. The van der Waals surface area contributed by atoms with Crippen LogP contribution in [-0.2, 0) is 9.59 Å². The molecule has 1 aliphatic carbocycles. The Hall–Kier alpha value is -1.40. The van der Waals surface area contributed by atoms with Crippen LogP contribution in [0.25, 0.3) is 0 Å². The molecule has 18 heavy (non-hydrogen) atoms. The van der Waals surface area contributed by atoms with Crippen LogP contribution in [-0.4, -0.2) is 46.5 Å². The van der Waals surface area contributed by atoms with Crippen molar-refractivity contribution in [3.8, 4) is 0 Å². The summed E-state index contributed by atoms with van der Waals surface area (Å²) in [5, 5.41) is 29.5. The molecule has 0 fully saturated rings. The number of aliphatic hydroxyl groups excluding tert-OH is 2. The van der Waals surface area contributed by atoms with Gasteiger partial charge in [-0.2, -0.15) is 0 Å². The Morgan fingerprint density at radius 3 is 2.56 bits per heavy atom. The summed E-state index contributed by atoms with van der Waals surface area (Å²) >= 11 is 0. The molecule has 2 atom stereocenters. The van der Waals surface area contributed by atoms with Gasteiger partial charge in [-0.1, -0.05) is 12.2 Å². The van der Waals surface area contributed by atoms with Crippen molar-refractivity contribution in [3.05, 3.63) is 12.2 Å². The molecule has 1 amide bonds. The van der Waals surface area contributed by atoms with E-state index in [-0.39, 0.29) is 13.2 Å². The maximum Gasteiger partial charge on any atom is 0.307 e. The second-order valence-corrected chi connectivity index (χ2v) is 4.69. The van der Waals surface area contributed by atoms with Crippen LogP contribution in [0.2, 0.25) is 0 Å². The molecule has 4 N–H and O–H groups in total. The first kappa shape index (κ1) is 14.7. The van der Waals surface area contributed by atoms with Crippen LogP contribution in [0.1, 0.15) is 19.8 Å². The molecule has 0 aromatic rings. The van der Waals surface area contributed by atoms with E-state index in [4.69, 9.17) is 15.3 Å². The summed E-state index contributed by atoms with van der Waals surface area (Å²) in [7, 11) is 0. The van der Waals surface area contributed by atoms with Crippen molar-refractivity contribution in [2.24, 2.45) is 11.3 Å². The third kappa shape index (κ3) is 2.88. The van der Waals surface area contributed by atoms with Gasteiger partial charge in [0.05, 0.1) is 30.6 Å². The highest BCUT2D eigenvalue weighted by Crippen LogP contribution is 2.37. The molecule has 1 aliphatic rings. The molecule has 0 aromatic carbocycles. The molecule has 1 rings (SSSR count). The van der Waals surface area contributed by atoms with Crippen molar-refractivity contribution in [2.75, 3.05) is 13.2 Å². The van der Waals surface area contributed by atoms with Gasteiger partial charge >= 0.3 is 5.97 Å². The number of amides is 1. The zero-order valence-corrected chi connectivity index (χ0v) is 10.3. The number of allylic oxidation sites excluding steroid dienone is 1. The number of aliphatic carboxylic acids is 1. The molecule has 2 unspecified atom stereocenters. The molecule has 0 radical (unpaired) electrons. The molecule has 6 heteroatoms. The normalized spacial score (nSPS) is 27.2. The number of carboxylic acid groups (broad SMARTS) is 1. The van der Waals surface area contributed by atoms with Gasteiger partial charge in [-0.3, -0.25) is 9.59 Å². The van der Waals surface area contributed by atoms with Crippen molar-refractivity contribution in [2.45, 2.75) is 25.8 Å². The Labute approximate surface area is 105 Å². The smallest absolute Gasteiger partial charge is 0.307 e. The maximum absolute atomic E-state index is 12.1. The highest BCUT2D eigenvalue weighted by Gasteiger charge is 2.44. The summed E-state index contributed by atoms with van der Waals surface area (Å²) in [6.07, 6.45) is 4.41. The Morgan fingerprint density at radius 2 is 2.06 bits per heavy atom. The van der Waals surface area contributed by atoms with E-state index >= 15 is 0 Å². The zero-order chi connectivity index (χ0) is 13.8. The molecule has 0 bridgehead atoms. The number of aliphatic hydroxyl groups is 2. The lowest BCUT2D eigenvalue weighted by atomic mass is 9.70. The summed E-state index contributed by atoms with van der Waals surface area (Å²) in [4.78, 5) is 23.3. The van der Waals surface area contributed by atoms with Crippen LogP contribution in [0.15, 0.2) is 12.2 Å². The van der Waals surface area contributed by atoms with E-state index in [1.165, 1.54) is 0 Å². The highest BCUT2D eigenvalue weighted by atomic mass is 16.4. The van der Waals surface area contributed by atoms with E-state index in [0.29, 0.717) is 12.8 Å². The minimum atomic E-state index is -1.15. The van der Waals surface area contributed by atoms with E-state index in [9.17, 15) is 9.59 Å². The van der Waals surface area contributed by atoms with Crippen molar-refractivity contribution in [1.82, 2.24) is 5.32 Å². The lowest BCUT2D eigenvalue weighted by Gasteiger charge is -2.34. The van der Waals surface area contributed by atoms with E-state index in [1.54, 1.807) is 19.1 Å². The molecular weight excluding hydrogens is 238 g/mol. The average Bonchev–Trinajstić information content (AvgIpc) is 2.35. The second kappa shape index (κ2) is 5.97. The SMILES string of the molecule is CC1(C(=O)NC(CO)CO)C=CCCC1C(=O)O. The number of hydrogen-bond acceptors (Lipinski definition) is 4. The molecule has 6 nitrogen and oxygen atoms in total. The standard InChI is InChI=1S/C12H19NO5/c1-12(11(18)13-8(6-14)7-15)5-3-2-4-9(12)10(16)17/h3,5,8-9,14-15H,2,4,6-7H2,1H3,(H,13,18)(H,16,17). The van der Waals surface area contributed by atoms with Gasteiger partial charge < -0.3 is 20.6 Å². The van der Waals surface area contributed by atoms with Crippen LogP contribution in [0.5, 0.6) is 0 Å². The highest BCUT2D eigenvalue weighted by molar-refractivity contribution is 5.90. The van der Waals surface area contributed by atoms with Crippen molar-refractivity contribution >= 4 is 11.9 Å². The zero-order valence-electron chi connectivity index (χ0n) is 10.3. The Balaban J connectivity index is 2.88. The van der Waals surface area contributed by atoms with Crippen LogP contribution < -0.4 is 5.32 Å². The molecular formula is C12H19NO5. The van der Waals surface area contributed by atoms with Crippen LogP contribution in [0.3, 0.4) is 0 Å². The first-order valence-electron chi connectivity index (χ1n) is 5.89. The predicted octanol–water partition coefficient (Wildman–Crippen LogP) is -0.487. The van der Waals surface area contributed by atoms with Crippen molar-refractivity contribution < 1.29 is 24.9 Å². The third-order valence-corrected chi connectivity index (χ3v) is 3.37. The summed E-state index contributed by atoms with van der Waals surface area (Å²) in [6.45, 7) is 0.780. The Morgan fingerprint density at radius 1 is 1.44 bits per heavy atom. The van der Waals surface area contributed by atoms with Gasteiger partial charge in [-0.15, -0.1) is 0 Å². The van der Waals surface area contributed by atoms with Gasteiger partial charge in [0, 0.05) is 0 Å². The molecule has 0 aliphatic heterocycles. The van der Waals surface area contributed by atoms with E-state index in [2.05, 4.69) is 5.32 Å². The second-order valence-electron chi connectivity index (χ2n) is 4.69. The minimum absolute atomic E-state index is 0.389. The van der Waals surface area contributed by atoms with E-state index in [1.807, 2.05) is 0 Å². The fourth-order valence-electron chi connectivity index (χ4n) is 2.11. The molecule has 0 heterocycles. The topological polar surface area (TPSA) is 107 Å². The summed E-state index contributed by atoms with van der Waals surface area (Å²) < 4.78 is 0. The lowest BCUT2D eigenvalue weighted by Crippen LogP contribution is -2.51. The number of rotatable bonds is 5. The number of nitrogens with one attached hydrogen (secondary N) is 1. The van der Waals surface area contributed by atoms with Gasteiger partial charge in [0.2, 0.25) is 5.91 Å². The summed E-state index contributed by atoms with van der Waals surface area (Å²) in [5.74, 6) is -2.29. The quantitative estimate of drug-likeness (QED) is 0.497. The van der Waals surface area contributed by atoms with Crippen LogP contribution >= 0.6 is 0 Å². The first-order valence-corrected chi connectivity index (χ1v) is 5.89. The molecule has 0 saturated heterocycles. The molecule has 0 spiro atoms. The fourth-order valence-corrected chi connectivity index (χ4v) is 2.11. The molecule has 102 valence electrons. The monoisotopic (exact) mass is 257 g/mol. The van der Waals surface area contributed by atoms with Gasteiger partial charge in [-0.25, -0.2) is 0 Å². The fraction of sp³-hybridized carbons (Fsp3) is 0.667. The van der Waals surface area contributed by atoms with E-state index in [0.717, 1.165) is 0 Å². The maximum atomic E-state index is 12.1. The number of carbonyl (C=O) groups excluding carboxylic acids is 1. The first-order chi connectivity index (χ1) is 8.45. The van der Waals surface area contributed by atoms with E-state index < -0.39 is 29.3 Å². The third-order valence-electron chi connectivity index (χ3n) is 3.37. The minimum Gasteiger partial charge on any atom is -0.481 e. The summed E-state index contributed by atoms with van der Waals surface area (Å²) in [5.41, 5.74) is -1.15. The number of carboxylic acids is 1. The average molecular weight is 257 g/mol. The van der Waals surface area contributed by atoms with Gasteiger partial charge in [0.1, 0.15) is 0 Å².